The second-order valence-electron chi connectivity index (χ2n) is 7.92. The van der Waals surface area contributed by atoms with Crippen LogP contribution >= 0.6 is 0 Å². The lowest BCUT2D eigenvalue weighted by molar-refractivity contribution is -0.142. The van der Waals surface area contributed by atoms with E-state index in [1.165, 1.54) is 5.56 Å². The molecule has 1 saturated carbocycles. The maximum atomic E-state index is 13.0. The Morgan fingerprint density at radius 1 is 1.15 bits per heavy atom. The average molecular weight is 360 g/mol. The number of carboxylic acid groups (broad SMARTS) is 1. The van der Waals surface area contributed by atoms with Gasteiger partial charge in [0.2, 0.25) is 0 Å². The largest absolute Gasteiger partial charge is 0.481 e. The SMILES string of the molecule is Cc1ccccc1C(C)N(CC(C)C)C(=O)NC1CCC(C(=O)O)CC1. The highest BCUT2D eigenvalue weighted by molar-refractivity contribution is 5.75. The molecule has 26 heavy (non-hydrogen) atoms. The van der Waals surface area contributed by atoms with Gasteiger partial charge in [-0.3, -0.25) is 4.79 Å². The Morgan fingerprint density at radius 3 is 2.31 bits per heavy atom. The Balaban J connectivity index is 2.05. The molecule has 0 spiro atoms. The molecular weight excluding hydrogens is 328 g/mol. The molecule has 1 aliphatic rings. The van der Waals surface area contributed by atoms with Crippen molar-refractivity contribution in [2.24, 2.45) is 11.8 Å². The normalized spacial score (nSPS) is 21.3. The average Bonchev–Trinajstić information content (AvgIpc) is 2.59. The Labute approximate surface area is 156 Å². The molecule has 0 bridgehead atoms. The minimum Gasteiger partial charge on any atom is -0.481 e. The molecule has 2 rings (SSSR count). The number of aryl methyl sites for hydroxylation is 1. The molecule has 0 radical (unpaired) electrons. The first-order valence-corrected chi connectivity index (χ1v) is 9.65. The molecule has 144 valence electrons. The number of benzene rings is 1. The zero-order valence-corrected chi connectivity index (χ0v) is 16.4. The van der Waals surface area contributed by atoms with Gasteiger partial charge in [-0.25, -0.2) is 4.79 Å². The third-order valence-electron chi connectivity index (χ3n) is 5.33. The molecule has 1 unspecified atom stereocenters. The number of nitrogens with zero attached hydrogens (tertiary/aromatic N) is 1. The van der Waals surface area contributed by atoms with Gasteiger partial charge in [-0.05, 0) is 56.6 Å². The molecular formula is C21H32N2O3. The molecule has 2 amide bonds. The van der Waals surface area contributed by atoms with Gasteiger partial charge in [0.1, 0.15) is 0 Å². The van der Waals surface area contributed by atoms with E-state index in [4.69, 9.17) is 5.11 Å². The van der Waals surface area contributed by atoms with Crippen LogP contribution in [0.2, 0.25) is 0 Å². The Kier molecular flexibility index (Phi) is 7.06. The molecule has 1 aromatic carbocycles. The number of urea groups is 1. The van der Waals surface area contributed by atoms with Crippen molar-refractivity contribution in [3.05, 3.63) is 35.4 Å². The summed E-state index contributed by atoms with van der Waals surface area (Å²) in [6.45, 7) is 9.06. The number of rotatable bonds is 6. The molecule has 0 aliphatic heterocycles. The Morgan fingerprint density at radius 2 is 1.77 bits per heavy atom. The van der Waals surface area contributed by atoms with E-state index in [0.29, 0.717) is 25.3 Å². The number of nitrogens with one attached hydrogen (secondary N) is 1. The van der Waals surface area contributed by atoms with Crippen LogP contribution in [-0.4, -0.2) is 34.6 Å². The number of carboxylic acids is 1. The van der Waals surface area contributed by atoms with Crippen molar-refractivity contribution in [1.82, 2.24) is 10.2 Å². The molecule has 1 aliphatic carbocycles. The van der Waals surface area contributed by atoms with Gasteiger partial charge >= 0.3 is 12.0 Å². The van der Waals surface area contributed by atoms with Crippen molar-refractivity contribution in [2.45, 2.75) is 65.5 Å². The predicted octanol–water partition coefficient (Wildman–Crippen LogP) is 4.37. The van der Waals surface area contributed by atoms with Gasteiger partial charge in [0.15, 0.2) is 0 Å². The zero-order chi connectivity index (χ0) is 19.3. The number of aliphatic carboxylic acids is 1. The van der Waals surface area contributed by atoms with Crippen molar-refractivity contribution in [3.63, 3.8) is 0 Å². The van der Waals surface area contributed by atoms with Gasteiger partial charge in [-0.15, -0.1) is 0 Å². The minimum atomic E-state index is -0.718. The summed E-state index contributed by atoms with van der Waals surface area (Å²) in [6, 6.07) is 8.19. The Bertz CT molecular complexity index is 621. The molecule has 1 fully saturated rings. The molecule has 1 atom stereocenters. The molecule has 0 aromatic heterocycles. The number of hydrogen-bond acceptors (Lipinski definition) is 2. The summed E-state index contributed by atoms with van der Waals surface area (Å²) in [5.41, 5.74) is 2.35. The Hall–Kier alpha value is -2.04. The summed E-state index contributed by atoms with van der Waals surface area (Å²) in [5, 5.41) is 12.3. The van der Waals surface area contributed by atoms with Crippen LogP contribution in [0.1, 0.15) is 63.6 Å². The quantitative estimate of drug-likeness (QED) is 0.791. The predicted molar refractivity (Wildman–Crippen MR) is 103 cm³/mol. The lowest BCUT2D eigenvalue weighted by Gasteiger charge is -2.35. The van der Waals surface area contributed by atoms with Crippen LogP contribution < -0.4 is 5.32 Å². The van der Waals surface area contributed by atoms with E-state index in [1.807, 2.05) is 17.0 Å². The van der Waals surface area contributed by atoms with Gasteiger partial charge < -0.3 is 15.3 Å². The van der Waals surface area contributed by atoms with Crippen molar-refractivity contribution in [2.75, 3.05) is 6.54 Å². The molecule has 0 saturated heterocycles. The summed E-state index contributed by atoms with van der Waals surface area (Å²) < 4.78 is 0. The smallest absolute Gasteiger partial charge is 0.318 e. The number of carbonyl (C=O) groups excluding carboxylic acids is 1. The van der Waals surface area contributed by atoms with Crippen LogP contribution in [0.5, 0.6) is 0 Å². The van der Waals surface area contributed by atoms with Crippen LogP contribution in [0.3, 0.4) is 0 Å². The highest BCUT2D eigenvalue weighted by Crippen LogP contribution is 2.27. The summed E-state index contributed by atoms with van der Waals surface area (Å²) in [7, 11) is 0. The third-order valence-corrected chi connectivity index (χ3v) is 5.33. The van der Waals surface area contributed by atoms with Crippen LogP contribution in [0.15, 0.2) is 24.3 Å². The van der Waals surface area contributed by atoms with Gasteiger partial charge in [0.05, 0.1) is 12.0 Å². The highest BCUT2D eigenvalue weighted by Gasteiger charge is 2.29. The van der Waals surface area contributed by atoms with Crippen LogP contribution in [-0.2, 0) is 4.79 Å². The van der Waals surface area contributed by atoms with Gasteiger partial charge in [0.25, 0.3) is 0 Å². The maximum Gasteiger partial charge on any atom is 0.318 e. The molecule has 2 N–H and O–H groups in total. The first-order chi connectivity index (χ1) is 12.3. The number of carbonyl (C=O) groups is 2. The first-order valence-electron chi connectivity index (χ1n) is 9.65. The fraction of sp³-hybridized carbons (Fsp3) is 0.619. The standard InChI is InChI=1S/C21H32N2O3/c1-14(2)13-23(16(4)19-8-6-5-7-15(19)3)21(26)22-18-11-9-17(10-12-18)20(24)25/h5-8,14,16-18H,9-13H2,1-4H3,(H,22,26)(H,24,25). The van der Waals surface area contributed by atoms with E-state index in [9.17, 15) is 9.59 Å². The second kappa shape index (κ2) is 9.06. The van der Waals surface area contributed by atoms with E-state index in [1.54, 1.807) is 0 Å². The van der Waals surface area contributed by atoms with Gasteiger partial charge in [-0.2, -0.15) is 0 Å². The van der Waals surface area contributed by atoms with Crippen molar-refractivity contribution in [3.8, 4) is 0 Å². The van der Waals surface area contributed by atoms with Crippen LogP contribution in [0.4, 0.5) is 4.79 Å². The highest BCUT2D eigenvalue weighted by atomic mass is 16.4. The summed E-state index contributed by atoms with van der Waals surface area (Å²) >= 11 is 0. The fourth-order valence-electron chi connectivity index (χ4n) is 3.78. The summed E-state index contributed by atoms with van der Waals surface area (Å²) in [5.74, 6) is -0.611. The molecule has 5 nitrogen and oxygen atoms in total. The first kappa shape index (κ1) is 20.3. The minimum absolute atomic E-state index is 0.00559. The topological polar surface area (TPSA) is 69.6 Å². The van der Waals surface area contributed by atoms with E-state index < -0.39 is 5.97 Å². The van der Waals surface area contributed by atoms with Crippen molar-refractivity contribution >= 4 is 12.0 Å². The van der Waals surface area contributed by atoms with E-state index in [-0.39, 0.29) is 24.0 Å². The van der Waals surface area contributed by atoms with E-state index >= 15 is 0 Å². The van der Waals surface area contributed by atoms with E-state index in [0.717, 1.165) is 18.4 Å². The monoisotopic (exact) mass is 360 g/mol. The molecule has 5 heteroatoms. The maximum absolute atomic E-state index is 13.0. The summed E-state index contributed by atoms with van der Waals surface area (Å²) in [6.07, 6.45) is 2.74. The van der Waals surface area contributed by atoms with Crippen LogP contribution in [0, 0.1) is 18.8 Å². The van der Waals surface area contributed by atoms with Crippen molar-refractivity contribution in [1.29, 1.82) is 0 Å². The van der Waals surface area contributed by atoms with Gasteiger partial charge in [-0.1, -0.05) is 38.1 Å². The van der Waals surface area contributed by atoms with Crippen LogP contribution in [0.25, 0.3) is 0 Å². The summed E-state index contributed by atoms with van der Waals surface area (Å²) in [4.78, 5) is 26.0. The van der Waals surface area contributed by atoms with E-state index in [2.05, 4.69) is 45.1 Å². The lowest BCUT2D eigenvalue weighted by Crippen LogP contribution is -2.48. The lowest BCUT2D eigenvalue weighted by atomic mass is 9.86. The fourth-order valence-corrected chi connectivity index (χ4v) is 3.78. The number of hydrogen-bond donors (Lipinski definition) is 2. The van der Waals surface area contributed by atoms with Gasteiger partial charge in [0, 0.05) is 12.6 Å². The molecule has 1 aromatic rings. The molecule has 0 heterocycles. The second-order valence-corrected chi connectivity index (χ2v) is 7.92. The zero-order valence-electron chi connectivity index (χ0n) is 16.4. The third kappa shape index (κ3) is 5.23. The number of amides is 2. The van der Waals surface area contributed by atoms with Crippen molar-refractivity contribution < 1.29 is 14.7 Å².